The second kappa shape index (κ2) is 5.80. The minimum atomic E-state index is -0.0282. The van der Waals surface area contributed by atoms with Crippen LogP contribution in [0.2, 0.25) is 0 Å². The summed E-state index contributed by atoms with van der Waals surface area (Å²) in [4.78, 5) is 12.0. The molecule has 2 rings (SSSR count). The molecule has 1 aliphatic rings. The van der Waals surface area contributed by atoms with Gasteiger partial charge in [0.25, 0.3) is 5.91 Å². The van der Waals surface area contributed by atoms with Crippen LogP contribution in [-0.4, -0.2) is 38.3 Å². The van der Waals surface area contributed by atoms with Crippen molar-refractivity contribution in [3.8, 4) is 0 Å². The molecule has 0 saturated carbocycles. The monoisotopic (exact) mass is 234 g/mol. The first kappa shape index (κ1) is 12.1. The standard InChI is InChI=1S/C13H18N2O2/c1-17-12-9-14-8-7-11(12)15-13(16)10-5-3-2-4-6-10/h2-6,11-12,14H,7-9H2,1H3,(H,15,16)/t11-,12+/m0/s1. The van der Waals surface area contributed by atoms with Gasteiger partial charge in [-0.15, -0.1) is 0 Å². The molecular formula is C13H18N2O2. The van der Waals surface area contributed by atoms with E-state index in [4.69, 9.17) is 4.74 Å². The van der Waals surface area contributed by atoms with Gasteiger partial charge in [-0.1, -0.05) is 18.2 Å². The molecule has 17 heavy (non-hydrogen) atoms. The van der Waals surface area contributed by atoms with Crippen molar-refractivity contribution in [2.24, 2.45) is 0 Å². The van der Waals surface area contributed by atoms with E-state index in [0.717, 1.165) is 19.5 Å². The van der Waals surface area contributed by atoms with Crippen LogP contribution in [0.15, 0.2) is 30.3 Å². The Balaban J connectivity index is 1.98. The molecule has 1 heterocycles. The molecular weight excluding hydrogens is 216 g/mol. The number of nitrogens with one attached hydrogen (secondary N) is 2. The molecule has 0 aromatic heterocycles. The van der Waals surface area contributed by atoms with Gasteiger partial charge in [0.15, 0.2) is 0 Å². The second-order valence-electron chi connectivity index (χ2n) is 4.21. The Morgan fingerprint density at radius 2 is 2.18 bits per heavy atom. The zero-order valence-corrected chi connectivity index (χ0v) is 9.98. The van der Waals surface area contributed by atoms with E-state index in [2.05, 4.69) is 10.6 Å². The average Bonchev–Trinajstić information content (AvgIpc) is 2.40. The first-order chi connectivity index (χ1) is 8.31. The Hall–Kier alpha value is -1.39. The highest BCUT2D eigenvalue weighted by Gasteiger charge is 2.26. The van der Waals surface area contributed by atoms with E-state index in [0.29, 0.717) is 5.56 Å². The molecule has 1 aromatic carbocycles. The number of methoxy groups -OCH3 is 1. The number of piperidine rings is 1. The largest absolute Gasteiger partial charge is 0.378 e. The number of amides is 1. The van der Waals surface area contributed by atoms with Crippen molar-refractivity contribution in [1.29, 1.82) is 0 Å². The fourth-order valence-corrected chi connectivity index (χ4v) is 2.08. The van der Waals surface area contributed by atoms with E-state index in [1.165, 1.54) is 0 Å². The molecule has 1 fully saturated rings. The highest BCUT2D eigenvalue weighted by Crippen LogP contribution is 2.08. The Bertz CT molecular complexity index is 367. The Labute approximate surface area is 101 Å². The van der Waals surface area contributed by atoms with Crippen LogP contribution in [0.4, 0.5) is 0 Å². The molecule has 0 bridgehead atoms. The van der Waals surface area contributed by atoms with Crippen molar-refractivity contribution in [2.75, 3.05) is 20.2 Å². The molecule has 1 amide bonds. The van der Waals surface area contributed by atoms with E-state index >= 15 is 0 Å². The zero-order valence-electron chi connectivity index (χ0n) is 9.98. The number of carbonyl (C=O) groups is 1. The van der Waals surface area contributed by atoms with Crippen LogP contribution in [0.5, 0.6) is 0 Å². The van der Waals surface area contributed by atoms with Crippen molar-refractivity contribution in [2.45, 2.75) is 18.6 Å². The van der Waals surface area contributed by atoms with Gasteiger partial charge in [0, 0.05) is 19.2 Å². The summed E-state index contributed by atoms with van der Waals surface area (Å²) < 4.78 is 5.36. The van der Waals surface area contributed by atoms with Gasteiger partial charge in [-0.3, -0.25) is 4.79 Å². The predicted molar refractivity (Wildman–Crippen MR) is 66.0 cm³/mol. The lowest BCUT2D eigenvalue weighted by molar-refractivity contribution is 0.0476. The summed E-state index contributed by atoms with van der Waals surface area (Å²) in [6.45, 7) is 1.70. The molecule has 1 aliphatic heterocycles. The van der Waals surface area contributed by atoms with Gasteiger partial charge in [-0.25, -0.2) is 0 Å². The van der Waals surface area contributed by atoms with Crippen LogP contribution in [0.25, 0.3) is 0 Å². The van der Waals surface area contributed by atoms with Crippen LogP contribution in [0.1, 0.15) is 16.8 Å². The first-order valence-electron chi connectivity index (χ1n) is 5.90. The minimum absolute atomic E-state index is 0.0282. The maximum Gasteiger partial charge on any atom is 0.251 e. The summed E-state index contributed by atoms with van der Waals surface area (Å²) in [5.41, 5.74) is 0.695. The summed E-state index contributed by atoms with van der Waals surface area (Å²) in [6, 6.07) is 9.36. The van der Waals surface area contributed by atoms with E-state index in [9.17, 15) is 4.79 Å². The number of carbonyl (C=O) groups excluding carboxylic acids is 1. The van der Waals surface area contributed by atoms with Crippen LogP contribution >= 0.6 is 0 Å². The maximum absolute atomic E-state index is 12.0. The highest BCUT2D eigenvalue weighted by molar-refractivity contribution is 5.94. The van der Waals surface area contributed by atoms with Gasteiger partial charge in [0.1, 0.15) is 0 Å². The van der Waals surface area contributed by atoms with E-state index in [-0.39, 0.29) is 18.1 Å². The topological polar surface area (TPSA) is 50.4 Å². The minimum Gasteiger partial charge on any atom is -0.378 e. The van der Waals surface area contributed by atoms with Gasteiger partial charge in [-0.05, 0) is 25.1 Å². The highest BCUT2D eigenvalue weighted by atomic mass is 16.5. The van der Waals surface area contributed by atoms with Crippen LogP contribution < -0.4 is 10.6 Å². The summed E-state index contributed by atoms with van der Waals surface area (Å²) in [7, 11) is 1.68. The molecule has 4 nitrogen and oxygen atoms in total. The SMILES string of the molecule is CO[C@@H]1CNCC[C@@H]1NC(=O)c1ccccc1. The number of hydrogen-bond donors (Lipinski definition) is 2. The summed E-state index contributed by atoms with van der Waals surface area (Å²) in [5.74, 6) is -0.0282. The number of benzene rings is 1. The lowest BCUT2D eigenvalue weighted by atomic mass is 10.0. The summed E-state index contributed by atoms with van der Waals surface area (Å²) >= 11 is 0. The van der Waals surface area contributed by atoms with E-state index in [1.54, 1.807) is 7.11 Å². The third kappa shape index (κ3) is 3.05. The van der Waals surface area contributed by atoms with Crippen molar-refractivity contribution in [3.05, 3.63) is 35.9 Å². The van der Waals surface area contributed by atoms with Gasteiger partial charge in [0.2, 0.25) is 0 Å². The van der Waals surface area contributed by atoms with Crippen molar-refractivity contribution in [3.63, 3.8) is 0 Å². The Morgan fingerprint density at radius 3 is 2.88 bits per heavy atom. The first-order valence-corrected chi connectivity index (χ1v) is 5.90. The average molecular weight is 234 g/mol. The molecule has 2 atom stereocenters. The molecule has 1 saturated heterocycles. The molecule has 4 heteroatoms. The zero-order chi connectivity index (χ0) is 12.1. The van der Waals surface area contributed by atoms with Gasteiger partial charge in [0.05, 0.1) is 12.1 Å². The molecule has 2 N–H and O–H groups in total. The lowest BCUT2D eigenvalue weighted by Gasteiger charge is -2.31. The van der Waals surface area contributed by atoms with Crippen molar-refractivity contribution in [1.82, 2.24) is 10.6 Å². The molecule has 1 aromatic rings. The quantitative estimate of drug-likeness (QED) is 0.813. The van der Waals surface area contributed by atoms with Crippen LogP contribution in [-0.2, 0) is 4.74 Å². The third-order valence-electron chi connectivity index (χ3n) is 3.08. The molecule has 0 unspecified atom stereocenters. The predicted octanol–water partition coefficient (Wildman–Crippen LogP) is 0.793. The van der Waals surface area contributed by atoms with Crippen molar-refractivity contribution >= 4 is 5.91 Å². The number of ether oxygens (including phenoxy) is 1. The van der Waals surface area contributed by atoms with E-state index < -0.39 is 0 Å². The lowest BCUT2D eigenvalue weighted by Crippen LogP contribution is -2.53. The molecule has 92 valence electrons. The van der Waals surface area contributed by atoms with Crippen molar-refractivity contribution < 1.29 is 9.53 Å². The molecule has 0 radical (unpaired) electrons. The van der Waals surface area contributed by atoms with Gasteiger partial charge >= 0.3 is 0 Å². The van der Waals surface area contributed by atoms with E-state index in [1.807, 2.05) is 30.3 Å². The van der Waals surface area contributed by atoms with Gasteiger partial charge < -0.3 is 15.4 Å². The summed E-state index contributed by atoms with van der Waals surface area (Å²) in [6.07, 6.45) is 0.952. The normalized spacial score (nSPS) is 24.3. The fraction of sp³-hybridized carbons (Fsp3) is 0.462. The number of rotatable bonds is 3. The maximum atomic E-state index is 12.0. The Morgan fingerprint density at radius 1 is 1.41 bits per heavy atom. The third-order valence-corrected chi connectivity index (χ3v) is 3.08. The Kier molecular flexibility index (Phi) is 4.12. The smallest absolute Gasteiger partial charge is 0.251 e. The van der Waals surface area contributed by atoms with Crippen LogP contribution in [0.3, 0.4) is 0 Å². The van der Waals surface area contributed by atoms with Crippen LogP contribution in [0, 0.1) is 0 Å². The number of hydrogen-bond acceptors (Lipinski definition) is 3. The second-order valence-corrected chi connectivity index (χ2v) is 4.21. The fourth-order valence-electron chi connectivity index (χ4n) is 2.08. The molecule has 0 spiro atoms. The van der Waals surface area contributed by atoms with Gasteiger partial charge in [-0.2, -0.15) is 0 Å². The summed E-state index contributed by atoms with van der Waals surface area (Å²) in [5, 5.41) is 6.28. The molecule has 0 aliphatic carbocycles.